The number of hydrogen-bond acceptors (Lipinski definition) is 1. The van der Waals surface area contributed by atoms with E-state index in [4.69, 9.17) is 5.11 Å². The molecule has 1 aromatic carbocycles. The lowest BCUT2D eigenvalue weighted by Gasteiger charge is -2.05. The van der Waals surface area contributed by atoms with Crippen molar-refractivity contribution in [1.29, 1.82) is 0 Å². The van der Waals surface area contributed by atoms with Crippen LogP contribution >= 0.6 is 12.4 Å². The average molecular weight is 229 g/mol. The fourth-order valence-corrected chi connectivity index (χ4v) is 1.44. The molecule has 0 spiro atoms. The summed E-state index contributed by atoms with van der Waals surface area (Å²) in [5.74, 6) is -0.137. The van der Waals surface area contributed by atoms with Crippen LogP contribution in [0.15, 0.2) is 24.3 Å². The highest BCUT2D eigenvalue weighted by Crippen LogP contribution is 2.10. The van der Waals surface area contributed by atoms with Crippen molar-refractivity contribution < 1.29 is 9.90 Å². The first-order chi connectivity index (χ1) is 6.58. The van der Waals surface area contributed by atoms with Crippen molar-refractivity contribution in [1.82, 2.24) is 0 Å². The van der Waals surface area contributed by atoms with Crippen molar-refractivity contribution in [3.05, 3.63) is 35.4 Å². The van der Waals surface area contributed by atoms with Crippen LogP contribution < -0.4 is 0 Å². The molecular formula is C12H17ClO2. The molecule has 0 fully saturated rings. The zero-order valence-electron chi connectivity index (χ0n) is 9.06. The Kier molecular flexibility index (Phi) is 6.02. The Balaban J connectivity index is 0.00000196. The standard InChI is InChI=1S/C12H16O2.ClH/c1-9(2)7-10-3-5-11(6-4-10)8-12(13)14;/h3-6,9H,7-8H2,1-2H3,(H,13,14);1H. The van der Waals surface area contributed by atoms with Crippen molar-refractivity contribution in [3.63, 3.8) is 0 Å². The number of rotatable bonds is 4. The molecule has 15 heavy (non-hydrogen) atoms. The zero-order chi connectivity index (χ0) is 10.6. The van der Waals surface area contributed by atoms with Crippen molar-refractivity contribution >= 4 is 18.4 Å². The molecule has 0 unspecified atom stereocenters. The summed E-state index contributed by atoms with van der Waals surface area (Å²) in [6, 6.07) is 7.81. The molecule has 3 heteroatoms. The molecule has 0 atom stereocenters. The summed E-state index contributed by atoms with van der Waals surface area (Å²) in [6.45, 7) is 4.34. The van der Waals surface area contributed by atoms with Gasteiger partial charge in [0.2, 0.25) is 0 Å². The van der Waals surface area contributed by atoms with Crippen LogP contribution in [0.2, 0.25) is 0 Å². The van der Waals surface area contributed by atoms with E-state index < -0.39 is 5.97 Å². The van der Waals surface area contributed by atoms with E-state index in [1.54, 1.807) is 0 Å². The summed E-state index contributed by atoms with van der Waals surface area (Å²) in [7, 11) is 0. The maximum Gasteiger partial charge on any atom is 0.307 e. The molecule has 0 bridgehead atoms. The minimum atomic E-state index is -0.776. The van der Waals surface area contributed by atoms with Crippen LogP contribution in [-0.4, -0.2) is 11.1 Å². The van der Waals surface area contributed by atoms with Gasteiger partial charge in [-0.05, 0) is 23.5 Å². The monoisotopic (exact) mass is 228 g/mol. The van der Waals surface area contributed by atoms with E-state index in [2.05, 4.69) is 13.8 Å². The molecule has 0 aliphatic carbocycles. The van der Waals surface area contributed by atoms with Crippen LogP contribution in [0.4, 0.5) is 0 Å². The van der Waals surface area contributed by atoms with Gasteiger partial charge in [0.1, 0.15) is 0 Å². The van der Waals surface area contributed by atoms with E-state index in [-0.39, 0.29) is 18.8 Å². The maximum absolute atomic E-state index is 10.4. The van der Waals surface area contributed by atoms with Gasteiger partial charge in [-0.3, -0.25) is 4.79 Å². The third kappa shape index (κ3) is 5.43. The second-order valence-corrected chi connectivity index (χ2v) is 3.98. The molecule has 0 aromatic heterocycles. The van der Waals surface area contributed by atoms with Crippen molar-refractivity contribution in [2.75, 3.05) is 0 Å². The van der Waals surface area contributed by atoms with Gasteiger partial charge in [0.05, 0.1) is 6.42 Å². The van der Waals surface area contributed by atoms with Gasteiger partial charge >= 0.3 is 5.97 Å². The highest BCUT2D eigenvalue weighted by molar-refractivity contribution is 5.85. The van der Waals surface area contributed by atoms with Gasteiger partial charge in [0, 0.05) is 0 Å². The quantitative estimate of drug-likeness (QED) is 0.861. The molecule has 1 aromatic rings. The molecule has 0 aliphatic rings. The van der Waals surface area contributed by atoms with Crippen molar-refractivity contribution in [3.8, 4) is 0 Å². The molecule has 0 saturated carbocycles. The molecule has 0 amide bonds. The van der Waals surface area contributed by atoms with Crippen LogP contribution in [0.1, 0.15) is 25.0 Å². The maximum atomic E-state index is 10.4. The van der Waals surface area contributed by atoms with Gasteiger partial charge in [-0.25, -0.2) is 0 Å². The van der Waals surface area contributed by atoms with Crippen LogP contribution in [0.5, 0.6) is 0 Å². The highest BCUT2D eigenvalue weighted by atomic mass is 35.5. The Morgan fingerprint density at radius 1 is 1.20 bits per heavy atom. The minimum Gasteiger partial charge on any atom is -0.481 e. The van der Waals surface area contributed by atoms with Gasteiger partial charge in [-0.15, -0.1) is 12.4 Å². The molecule has 0 saturated heterocycles. The summed E-state index contributed by atoms with van der Waals surface area (Å²) >= 11 is 0. The minimum absolute atomic E-state index is 0. The van der Waals surface area contributed by atoms with E-state index >= 15 is 0 Å². The van der Waals surface area contributed by atoms with Crippen molar-refractivity contribution in [2.24, 2.45) is 5.92 Å². The molecule has 1 N–H and O–H groups in total. The average Bonchev–Trinajstić information content (AvgIpc) is 2.06. The Morgan fingerprint density at radius 3 is 2.07 bits per heavy atom. The van der Waals surface area contributed by atoms with E-state index in [0.717, 1.165) is 12.0 Å². The number of aliphatic carboxylic acids is 1. The Hall–Kier alpha value is -1.02. The lowest BCUT2D eigenvalue weighted by molar-refractivity contribution is -0.136. The van der Waals surface area contributed by atoms with E-state index in [9.17, 15) is 4.79 Å². The van der Waals surface area contributed by atoms with E-state index in [1.165, 1.54) is 5.56 Å². The number of hydrogen-bond donors (Lipinski definition) is 1. The number of carboxylic acids is 1. The summed E-state index contributed by atoms with van der Waals surface area (Å²) in [5.41, 5.74) is 2.14. The SMILES string of the molecule is CC(C)Cc1ccc(CC(=O)O)cc1.Cl. The lowest BCUT2D eigenvalue weighted by atomic mass is 10.0. The lowest BCUT2D eigenvalue weighted by Crippen LogP contribution is -2.00. The molecule has 0 heterocycles. The first-order valence-electron chi connectivity index (χ1n) is 4.87. The molecule has 2 nitrogen and oxygen atoms in total. The molecular weight excluding hydrogens is 212 g/mol. The summed E-state index contributed by atoms with van der Waals surface area (Å²) < 4.78 is 0. The fourth-order valence-electron chi connectivity index (χ4n) is 1.44. The van der Waals surface area contributed by atoms with Gasteiger partial charge in [0.25, 0.3) is 0 Å². The van der Waals surface area contributed by atoms with Gasteiger partial charge < -0.3 is 5.11 Å². The summed E-state index contributed by atoms with van der Waals surface area (Å²) in [4.78, 5) is 10.4. The largest absolute Gasteiger partial charge is 0.481 e. The van der Waals surface area contributed by atoms with Crippen LogP contribution in [0.25, 0.3) is 0 Å². The predicted octanol–water partition coefficient (Wildman–Crippen LogP) is 2.93. The van der Waals surface area contributed by atoms with Gasteiger partial charge in [-0.2, -0.15) is 0 Å². The van der Waals surface area contributed by atoms with E-state index in [0.29, 0.717) is 5.92 Å². The third-order valence-corrected chi connectivity index (χ3v) is 2.02. The summed E-state index contributed by atoms with van der Waals surface area (Å²) in [5, 5.41) is 8.58. The second kappa shape index (κ2) is 6.46. The first-order valence-corrected chi connectivity index (χ1v) is 4.87. The van der Waals surface area contributed by atoms with Crippen LogP contribution in [0.3, 0.4) is 0 Å². The Labute approximate surface area is 96.7 Å². The van der Waals surface area contributed by atoms with Crippen molar-refractivity contribution in [2.45, 2.75) is 26.7 Å². The topological polar surface area (TPSA) is 37.3 Å². The Bertz CT molecular complexity index is 304. The predicted molar refractivity (Wildman–Crippen MR) is 63.6 cm³/mol. The molecule has 84 valence electrons. The highest BCUT2D eigenvalue weighted by Gasteiger charge is 2.01. The van der Waals surface area contributed by atoms with Gasteiger partial charge in [-0.1, -0.05) is 38.1 Å². The molecule has 1 rings (SSSR count). The summed E-state index contributed by atoms with van der Waals surface area (Å²) in [6.07, 6.45) is 1.16. The Morgan fingerprint density at radius 2 is 1.67 bits per heavy atom. The first kappa shape index (κ1) is 14.0. The molecule has 0 radical (unpaired) electrons. The number of carboxylic acid groups (broad SMARTS) is 1. The normalized spacial score (nSPS) is 9.80. The number of halogens is 1. The van der Waals surface area contributed by atoms with E-state index in [1.807, 2.05) is 24.3 Å². The van der Waals surface area contributed by atoms with Crippen LogP contribution in [-0.2, 0) is 17.6 Å². The fraction of sp³-hybridized carbons (Fsp3) is 0.417. The van der Waals surface area contributed by atoms with Gasteiger partial charge in [0.15, 0.2) is 0 Å². The van der Waals surface area contributed by atoms with Crippen LogP contribution in [0, 0.1) is 5.92 Å². The number of carbonyl (C=O) groups is 1. The molecule has 0 aliphatic heterocycles. The third-order valence-electron chi connectivity index (χ3n) is 2.02. The number of benzene rings is 1. The second-order valence-electron chi connectivity index (χ2n) is 3.98. The zero-order valence-corrected chi connectivity index (χ0v) is 9.88. The smallest absolute Gasteiger partial charge is 0.307 e.